The molecule has 0 atom stereocenters. The number of hydrogen-bond acceptors (Lipinski definition) is 4. The maximum atomic E-state index is 12.5. The van der Waals surface area contributed by atoms with E-state index in [4.69, 9.17) is 5.11 Å². The van der Waals surface area contributed by atoms with Gasteiger partial charge in [0.05, 0.1) is 5.75 Å². The van der Waals surface area contributed by atoms with Crippen molar-refractivity contribution < 1.29 is 19.5 Å². The molecule has 3 rings (SSSR count). The zero-order chi connectivity index (χ0) is 19.9. The number of rotatable bonds is 8. The van der Waals surface area contributed by atoms with Gasteiger partial charge in [0.25, 0.3) is 5.91 Å². The molecule has 1 aliphatic heterocycles. The first kappa shape index (κ1) is 19.9. The second kappa shape index (κ2) is 9.41. The summed E-state index contributed by atoms with van der Waals surface area (Å²) in [6.07, 6.45) is 1.53. The second-order valence-electron chi connectivity index (χ2n) is 6.66. The number of nitrogens with one attached hydrogen (secondary N) is 1. The van der Waals surface area contributed by atoms with E-state index in [0.29, 0.717) is 30.0 Å². The molecule has 0 radical (unpaired) electrons. The highest BCUT2D eigenvalue weighted by Gasteiger charge is 2.20. The summed E-state index contributed by atoms with van der Waals surface area (Å²) in [5, 5.41) is 11.6. The third-order valence-electron chi connectivity index (χ3n) is 4.44. The molecular formula is C21H22N2O4S. The van der Waals surface area contributed by atoms with Crippen LogP contribution in [0.4, 0.5) is 5.69 Å². The van der Waals surface area contributed by atoms with Crippen LogP contribution in [-0.2, 0) is 21.9 Å². The summed E-state index contributed by atoms with van der Waals surface area (Å²) in [5.41, 5.74) is 3.17. The SMILES string of the molecule is O=C(O)CSCc1cccc(NC(=O)c2ccc(CN3CCCC3=O)cc2)c1. The molecule has 0 unspecified atom stereocenters. The molecular weight excluding hydrogens is 376 g/mol. The molecule has 2 amide bonds. The lowest BCUT2D eigenvalue weighted by Crippen LogP contribution is -2.23. The number of amides is 2. The molecule has 0 aromatic heterocycles. The Morgan fingerprint density at radius 2 is 1.89 bits per heavy atom. The molecule has 28 heavy (non-hydrogen) atoms. The van der Waals surface area contributed by atoms with Crippen LogP contribution in [-0.4, -0.2) is 40.1 Å². The maximum Gasteiger partial charge on any atom is 0.313 e. The van der Waals surface area contributed by atoms with Gasteiger partial charge in [0.15, 0.2) is 0 Å². The maximum absolute atomic E-state index is 12.5. The molecule has 0 aliphatic carbocycles. The summed E-state index contributed by atoms with van der Waals surface area (Å²) in [7, 11) is 0. The third kappa shape index (κ3) is 5.60. The Bertz CT molecular complexity index is 867. The third-order valence-corrected chi connectivity index (χ3v) is 5.43. The molecule has 1 aliphatic rings. The number of benzene rings is 2. The summed E-state index contributed by atoms with van der Waals surface area (Å²) in [5.74, 6) is -0.249. The average Bonchev–Trinajstić information content (AvgIpc) is 3.07. The summed E-state index contributed by atoms with van der Waals surface area (Å²) >= 11 is 1.31. The molecule has 1 saturated heterocycles. The Morgan fingerprint density at radius 3 is 2.57 bits per heavy atom. The number of hydrogen-bond donors (Lipinski definition) is 2. The summed E-state index contributed by atoms with van der Waals surface area (Å²) < 4.78 is 0. The quantitative estimate of drug-likeness (QED) is 0.712. The number of carboxylic acids is 1. The molecule has 1 heterocycles. The highest BCUT2D eigenvalue weighted by atomic mass is 32.2. The largest absolute Gasteiger partial charge is 0.481 e. The molecule has 2 aromatic rings. The van der Waals surface area contributed by atoms with Crippen LogP contribution in [0.3, 0.4) is 0 Å². The number of carbonyl (C=O) groups is 3. The van der Waals surface area contributed by atoms with E-state index < -0.39 is 5.97 Å². The van der Waals surface area contributed by atoms with Crippen molar-refractivity contribution in [1.82, 2.24) is 4.90 Å². The lowest BCUT2D eigenvalue weighted by atomic mass is 10.1. The molecule has 2 N–H and O–H groups in total. The molecule has 0 bridgehead atoms. The van der Waals surface area contributed by atoms with Gasteiger partial charge in [0.2, 0.25) is 5.91 Å². The van der Waals surface area contributed by atoms with Gasteiger partial charge in [-0.15, -0.1) is 11.8 Å². The van der Waals surface area contributed by atoms with Gasteiger partial charge in [-0.2, -0.15) is 0 Å². The van der Waals surface area contributed by atoms with Crippen molar-refractivity contribution in [2.24, 2.45) is 0 Å². The van der Waals surface area contributed by atoms with Gasteiger partial charge in [-0.1, -0.05) is 24.3 Å². The highest BCUT2D eigenvalue weighted by Crippen LogP contribution is 2.18. The van der Waals surface area contributed by atoms with Crippen molar-refractivity contribution in [1.29, 1.82) is 0 Å². The van der Waals surface area contributed by atoms with Crippen LogP contribution in [0, 0.1) is 0 Å². The zero-order valence-corrected chi connectivity index (χ0v) is 16.2. The van der Waals surface area contributed by atoms with E-state index in [0.717, 1.165) is 24.1 Å². The van der Waals surface area contributed by atoms with Crippen molar-refractivity contribution in [3.8, 4) is 0 Å². The monoisotopic (exact) mass is 398 g/mol. The Balaban J connectivity index is 1.57. The van der Waals surface area contributed by atoms with E-state index >= 15 is 0 Å². The molecule has 2 aromatic carbocycles. The van der Waals surface area contributed by atoms with E-state index in [1.165, 1.54) is 11.8 Å². The Labute approximate surface area is 167 Å². The number of likely N-dealkylation sites (tertiary alicyclic amines) is 1. The van der Waals surface area contributed by atoms with Crippen molar-refractivity contribution in [2.45, 2.75) is 25.1 Å². The van der Waals surface area contributed by atoms with Crippen molar-refractivity contribution in [3.05, 3.63) is 65.2 Å². The first-order chi connectivity index (χ1) is 13.5. The number of aliphatic carboxylic acids is 1. The van der Waals surface area contributed by atoms with Crippen molar-refractivity contribution in [3.63, 3.8) is 0 Å². The first-order valence-corrected chi connectivity index (χ1v) is 10.2. The molecule has 1 fully saturated rings. The van der Waals surface area contributed by atoms with Gasteiger partial charge in [-0.3, -0.25) is 14.4 Å². The van der Waals surface area contributed by atoms with Crippen LogP contribution in [0.2, 0.25) is 0 Å². The van der Waals surface area contributed by atoms with Gasteiger partial charge in [-0.05, 0) is 41.8 Å². The minimum absolute atomic E-state index is 0.0476. The predicted molar refractivity (Wildman–Crippen MR) is 109 cm³/mol. The minimum Gasteiger partial charge on any atom is -0.481 e. The van der Waals surface area contributed by atoms with Gasteiger partial charge < -0.3 is 15.3 Å². The molecule has 0 spiro atoms. The number of carbonyl (C=O) groups excluding carboxylic acids is 2. The van der Waals surface area contributed by atoms with E-state index in [-0.39, 0.29) is 17.6 Å². The zero-order valence-electron chi connectivity index (χ0n) is 15.4. The summed E-state index contributed by atoms with van der Waals surface area (Å²) in [6.45, 7) is 1.37. The second-order valence-corrected chi connectivity index (χ2v) is 7.64. The Kier molecular flexibility index (Phi) is 6.71. The fourth-order valence-electron chi connectivity index (χ4n) is 3.05. The Morgan fingerprint density at radius 1 is 1.11 bits per heavy atom. The van der Waals surface area contributed by atoms with Crippen LogP contribution in [0.15, 0.2) is 48.5 Å². The van der Waals surface area contributed by atoms with E-state index in [1.54, 1.807) is 18.2 Å². The van der Waals surface area contributed by atoms with Crippen molar-refractivity contribution >= 4 is 35.2 Å². The number of thioether (sulfide) groups is 1. The van der Waals surface area contributed by atoms with Crippen LogP contribution < -0.4 is 5.32 Å². The number of nitrogens with zero attached hydrogens (tertiary/aromatic N) is 1. The standard InChI is InChI=1S/C21H22N2O4S/c24-19-5-2-10-23(19)12-15-6-8-17(9-7-15)21(27)22-18-4-1-3-16(11-18)13-28-14-20(25)26/h1,3-4,6-9,11H,2,5,10,12-14H2,(H,22,27)(H,25,26). The van der Waals surface area contributed by atoms with Gasteiger partial charge >= 0.3 is 5.97 Å². The number of anilines is 1. The van der Waals surface area contributed by atoms with Crippen LogP contribution in [0.5, 0.6) is 0 Å². The average molecular weight is 398 g/mol. The summed E-state index contributed by atoms with van der Waals surface area (Å²) in [6, 6.07) is 14.7. The number of carboxylic acid groups (broad SMARTS) is 1. The van der Waals surface area contributed by atoms with Crippen LogP contribution >= 0.6 is 11.8 Å². The smallest absolute Gasteiger partial charge is 0.313 e. The van der Waals surface area contributed by atoms with Crippen molar-refractivity contribution in [2.75, 3.05) is 17.6 Å². The van der Waals surface area contributed by atoms with E-state index in [1.807, 2.05) is 35.2 Å². The molecule has 0 saturated carbocycles. The van der Waals surface area contributed by atoms with Gasteiger partial charge in [0.1, 0.15) is 0 Å². The van der Waals surface area contributed by atoms with E-state index in [9.17, 15) is 14.4 Å². The topological polar surface area (TPSA) is 86.7 Å². The normalized spacial score (nSPS) is 13.6. The first-order valence-electron chi connectivity index (χ1n) is 9.08. The minimum atomic E-state index is -0.841. The predicted octanol–water partition coefficient (Wildman–Crippen LogP) is 3.38. The summed E-state index contributed by atoms with van der Waals surface area (Å²) in [4.78, 5) is 36.6. The fourth-order valence-corrected chi connectivity index (χ4v) is 3.74. The van der Waals surface area contributed by atoms with Crippen LogP contribution in [0.25, 0.3) is 0 Å². The van der Waals surface area contributed by atoms with Gasteiger partial charge in [-0.25, -0.2) is 0 Å². The van der Waals surface area contributed by atoms with Crippen LogP contribution in [0.1, 0.15) is 34.3 Å². The van der Waals surface area contributed by atoms with E-state index in [2.05, 4.69) is 5.32 Å². The lowest BCUT2D eigenvalue weighted by molar-refractivity contribution is -0.134. The Hall–Kier alpha value is -2.80. The lowest BCUT2D eigenvalue weighted by Gasteiger charge is -2.15. The highest BCUT2D eigenvalue weighted by molar-refractivity contribution is 7.99. The fraction of sp³-hybridized carbons (Fsp3) is 0.286. The molecule has 146 valence electrons. The molecule has 7 heteroatoms. The molecule has 6 nitrogen and oxygen atoms in total. The van der Waals surface area contributed by atoms with Gasteiger partial charge in [0, 0.05) is 36.5 Å².